The SMILES string of the molecule is Cc1nccn1CC(CN)c1cccc(Cl)c1. The van der Waals surface area contributed by atoms with E-state index in [4.69, 9.17) is 17.3 Å². The normalized spacial score (nSPS) is 12.6. The molecule has 1 aromatic carbocycles. The molecule has 0 amide bonds. The molecule has 1 aromatic heterocycles. The first-order valence-corrected chi connectivity index (χ1v) is 6.01. The average molecular weight is 250 g/mol. The molecule has 0 radical (unpaired) electrons. The first-order chi connectivity index (χ1) is 8.20. The van der Waals surface area contributed by atoms with Crippen molar-refractivity contribution in [2.45, 2.75) is 19.4 Å². The fourth-order valence-corrected chi connectivity index (χ4v) is 2.11. The number of nitrogens with two attached hydrogens (primary N) is 1. The maximum absolute atomic E-state index is 6.00. The Morgan fingerprint density at radius 3 is 2.88 bits per heavy atom. The van der Waals surface area contributed by atoms with E-state index >= 15 is 0 Å². The zero-order valence-electron chi connectivity index (χ0n) is 9.81. The Morgan fingerprint density at radius 2 is 2.29 bits per heavy atom. The molecule has 0 fully saturated rings. The number of halogens is 1. The Labute approximate surface area is 106 Å². The standard InChI is InChI=1S/C13H16ClN3/c1-10-16-5-6-17(10)9-12(8-15)11-3-2-4-13(14)7-11/h2-7,12H,8-9,15H2,1H3. The number of rotatable bonds is 4. The van der Waals surface area contributed by atoms with E-state index in [0.29, 0.717) is 6.54 Å². The second-order valence-corrected chi connectivity index (χ2v) is 4.55. The number of benzene rings is 1. The van der Waals surface area contributed by atoms with Crippen molar-refractivity contribution in [1.82, 2.24) is 9.55 Å². The molecule has 3 nitrogen and oxygen atoms in total. The lowest BCUT2D eigenvalue weighted by atomic mass is 9.99. The highest BCUT2D eigenvalue weighted by atomic mass is 35.5. The summed E-state index contributed by atoms with van der Waals surface area (Å²) in [5.41, 5.74) is 7.02. The van der Waals surface area contributed by atoms with Crippen LogP contribution < -0.4 is 5.73 Å². The van der Waals surface area contributed by atoms with E-state index in [1.807, 2.05) is 31.3 Å². The minimum atomic E-state index is 0.265. The van der Waals surface area contributed by atoms with Gasteiger partial charge in [0.1, 0.15) is 5.82 Å². The van der Waals surface area contributed by atoms with E-state index in [2.05, 4.69) is 15.6 Å². The van der Waals surface area contributed by atoms with Crippen LogP contribution in [0, 0.1) is 6.92 Å². The molecule has 17 heavy (non-hydrogen) atoms. The van der Waals surface area contributed by atoms with E-state index in [1.54, 1.807) is 6.20 Å². The fourth-order valence-electron chi connectivity index (χ4n) is 1.91. The Kier molecular flexibility index (Phi) is 3.82. The predicted molar refractivity (Wildman–Crippen MR) is 70.2 cm³/mol. The maximum atomic E-state index is 6.00. The highest BCUT2D eigenvalue weighted by Gasteiger charge is 2.11. The van der Waals surface area contributed by atoms with Gasteiger partial charge in [0.2, 0.25) is 0 Å². The van der Waals surface area contributed by atoms with Crippen molar-refractivity contribution in [1.29, 1.82) is 0 Å². The Hall–Kier alpha value is -1.32. The second-order valence-electron chi connectivity index (χ2n) is 4.11. The third-order valence-corrected chi connectivity index (χ3v) is 3.18. The number of hydrogen-bond donors (Lipinski definition) is 1. The lowest BCUT2D eigenvalue weighted by Crippen LogP contribution is -2.18. The van der Waals surface area contributed by atoms with Crippen molar-refractivity contribution in [3.8, 4) is 0 Å². The molecular formula is C13H16ClN3. The molecule has 1 heterocycles. The van der Waals surface area contributed by atoms with Crippen molar-refractivity contribution in [2.24, 2.45) is 5.73 Å². The summed E-state index contributed by atoms with van der Waals surface area (Å²) in [6.07, 6.45) is 3.78. The van der Waals surface area contributed by atoms with Crippen molar-refractivity contribution in [3.63, 3.8) is 0 Å². The zero-order valence-corrected chi connectivity index (χ0v) is 10.6. The Morgan fingerprint density at radius 1 is 1.47 bits per heavy atom. The maximum Gasteiger partial charge on any atom is 0.105 e. The van der Waals surface area contributed by atoms with Gasteiger partial charge >= 0.3 is 0 Å². The monoisotopic (exact) mass is 249 g/mol. The highest BCUT2D eigenvalue weighted by molar-refractivity contribution is 6.30. The van der Waals surface area contributed by atoms with E-state index in [9.17, 15) is 0 Å². The quantitative estimate of drug-likeness (QED) is 0.905. The van der Waals surface area contributed by atoms with Crippen LogP contribution in [-0.2, 0) is 6.54 Å². The van der Waals surface area contributed by atoms with Crippen LogP contribution in [0.2, 0.25) is 5.02 Å². The molecule has 0 spiro atoms. The molecule has 4 heteroatoms. The summed E-state index contributed by atoms with van der Waals surface area (Å²) < 4.78 is 2.11. The van der Waals surface area contributed by atoms with Gasteiger partial charge in [-0.15, -0.1) is 0 Å². The first kappa shape index (κ1) is 12.1. The average Bonchev–Trinajstić information content (AvgIpc) is 2.71. The van der Waals surface area contributed by atoms with Crippen molar-refractivity contribution in [3.05, 3.63) is 53.1 Å². The Bertz CT molecular complexity index is 493. The number of aromatic nitrogens is 2. The number of imidazole rings is 1. The predicted octanol–water partition coefficient (Wildman–Crippen LogP) is 2.59. The summed E-state index contributed by atoms with van der Waals surface area (Å²) in [7, 11) is 0. The molecule has 0 aliphatic carbocycles. The molecule has 2 N–H and O–H groups in total. The molecule has 2 rings (SSSR count). The van der Waals surface area contributed by atoms with Gasteiger partial charge in [-0.3, -0.25) is 0 Å². The van der Waals surface area contributed by atoms with Crippen LogP contribution in [0.1, 0.15) is 17.3 Å². The van der Waals surface area contributed by atoms with Crippen LogP contribution in [0.15, 0.2) is 36.7 Å². The fraction of sp³-hybridized carbons (Fsp3) is 0.308. The van der Waals surface area contributed by atoms with Gasteiger partial charge in [0.15, 0.2) is 0 Å². The van der Waals surface area contributed by atoms with Crippen LogP contribution in [-0.4, -0.2) is 16.1 Å². The summed E-state index contributed by atoms with van der Waals surface area (Å²) in [5, 5.41) is 0.753. The minimum absolute atomic E-state index is 0.265. The van der Waals surface area contributed by atoms with E-state index in [-0.39, 0.29) is 5.92 Å². The summed E-state index contributed by atoms with van der Waals surface area (Å²) in [5.74, 6) is 1.27. The third-order valence-electron chi connectivity index (χ3n) is 2.95. The molecule has 0 aliphatic rings. The molecule has 0 bridgehead atoms. The van der Waals surface area contributed by atoms with Crippen molar-refractivity contribution in [2.75, 3.05) is 6.54 Å². The van der Waals surface area contributed by atoms with Gasteiger partial charge in [-0.05, 0) is 24.6 Å². The van der Waals surface area contributed by atoms with Crippen LogP contribution in [0.5, 0.6) is 0 Å². The van der Waals surface area contributed by atoms with Gasteiger partial charge in [0.25, 0.3) is 0 Å². The topological polar surface area (TPSA) is 43.8 Å². The molecule has 1 atom stereocenters. The van der Waals surface area contributed by atoms with Gasteiger partial charge in [-0.1, -0.05) is 23.7 Å². The van der Waals surface area contributed by atoms with Gasteiger partial charge in [-0.25, -0.2) is 4.98 Å². The summed E-state index contributed by atoms with van der Waals surface area (Å²) in [6.45, 7) is 3.42. The molecular weight excluding hydrogens is 234 g/mol. The molecule has 90 valence electrons. The zero-order chi connectivity index (χ0) is 12.3. The lowest BCUT2D eigenvalue weighted by Gasteiger charge is -2.17. The van der Waals surface area contributed by atoms with Crippen LogP contribution >= 0.6 is 11.6 Å². The molecule has 0 aliphatic heterocycles. The largest absolute Gasteiger partial charge is 0.335 e. The highest BCUT2D eigenvalue weighted by Crippen LogP contribution is 2.21. The smallest absolute Gasteiger partial charge is 0.105 e. The number of hydrogen-bond acceptors (Lipinski definition) is 2. The van der Waals surface area contributed by atoms with Gasteiger partial charge in [-0.2, -0.15) is 0 Å². The lowest BCUT2D eigenvalue weighted by molar-refractivity contribution is 0.556. The van der Waals surface area contributed by atoms with E-state index in [1.165, 1.54) is 5.56 Å². The van der Waals surface area contributed by atoms with Gasteiger partial charge in [0.05, 0.1) is 0 Å². The van der Waals surface area contributed by atoms with Crippen LogP contribution in [0.25, 0.3) is 0 Å². The van der Waals surface area contributed by atoms with Gasteiger partial charge < -0.3 is 10.3 Å². The van der Waals surface area contributed by atoms with Crippen LogP contribution in [0.4, 0.5) is 0 Å². The van der Waals surface area contributed by atoms with Crippen LogP contribution in [0.3, 0.4) is 0 Å². The number of aryl methyl sites for hydroxylation is 1. The van der Waals surface area contributed by atoms with E-state index in [0.717, 1.165) is 17.4 Å². The number of nitrogens with zero attached hydrogens (tertiary/aromatic N) is 2. The molecule has 2 aromatic rings. The first-order valence-electron chi connectivity index (χ1n) is 5.64. The minimum Gasteiger partial charge on any atom is -0.335 e. The Balaban J connectivity index is 2.20. The molecule has 1 unspecified atom stereocenters. The summed E-state index contributed by atoms with van der Waals surface area (Å²) in [4.78, 5) is 4.21. The van der Waals surface area contributed by atoms with Crippen molar-refractivity contribution >= 4 is 11.6 Å². The third kappa shape index (κ3) is 2.87. The summed E-state index contributed by atoms with van der Waals surface area (Å²) >= 11 is 6.00. The van der Waals surface area contributed by atoms with E-state index < -0.39 is 0 Å². The second kappa shape index (κ2) is 5.34. The molecule has 0 saturated carbocycles. The van der Waals surface area contributed by atoms with Gasteiger partial charge in [0, 0.05) is 36.4 Å². The summed E-state index contributed by atoms with van der Waals surface area (Å²) in [6, 6.07) is 7.88. The molecule has 0 saturated heterocycles. The van der Waals surface area contributed by atoms with Crippen molar-refractivity contribution < 1.29 is 0 Å².